The Bertz CT molecular complexity index is 409. The standard InChI is InChI=1S/C10H16N4O5/c1-13(2)8(16)4-12-10(19)14-5-7(15)11-3-6(14)9(17)18/h6H,3-5H2,1-2H3,(H,11,15)(H,12,19)(H,17,18). The Morgan fingerprint density at radius 2 is 2.11 bits per heavy atom. The summed E-state index contributed by atoms with van der Waals surface area (Å²) in [5, 5.41) is 13.6. The third kappa shape index (κ3) is 3.83. The smallest absolute Gasteiger partial charge is 0.328 e. The zero-order valence-corrected chi connectivity index (χ0v) is 10.7. The lowest BCUT2D eigenvalue weighted by molar-refractivity contribution is -0.144. The Morgan fingerprint density at radius 3 is 2.63 bits per heavy atom. The first-order chi connectivity index (χ1) is 8.82. The van der Waals surface area contributed by atoms with E-state index >= 15 is 0 Å². The Kier molecular flexibility index (Phi) is 4.67. The number of carbonyl (C=O) groups is 4. The summed E-state index contributed by atoms with van der Waals surface area (Å²) in [5.41, 5.74) is 0. The van der Waals surface area contributed by atoms with Gasteiger partial charge in [-0.15, -0.1) is 0 Å². The molecule has 1 unspecified atom stereocenters. The Hall–Kier alpha value is -2.32. The maximum Gasteiger partial charge on any atom is 0.328 e. The molecule has 0 aromatic heterocycles. The van der Waals surface area contributed by atoms with Crippen LogP contribution in [0.15, 0.2) is 0 Å². The molecule has 1 aliphatic heterocycles. The summed E-state index contributed by atoms with van der Waals surface area (Å²) in [6.07, 6.45) is 0. The first-order valence-electron chi connectivity index (χ1n) is 5.57. The van der Waals surface area contributed by atoms with Crippen LogP contribution >= 0.6 is 0 Å². The number of carboxylic acids is 1. The summed E-state index contributed by atoms with van der Waals surface area (Å²) >= 11 is 0. The number of rotatable bonds is 3. The molecule has 0 radical (unpaired) electrons. The van der Waals surface area contributed by atoms with Crippen molar-refractivity contribution in [2.24, 2.45) is 0 Å². The summed E-state index contributed by atoms with van der Waals surface area (Å²) in [6.45, 7) is -0.752. The molecular formula is C10H16N4O5. The maximum atomic E-state index is 11.8. The molecule has 1 rings (SSSR count). The Morgan fingerprint density at radius 1 is 1.47 bits per heavy atom. The van der Waals surface area contributed by atoms with Crippen LogP contribution in [0.5, 0.6) is 0 Å². The fourth-order valence-corrected chi connectivity index (χ4v) is 1.49. The SMILES string of the molecule is CN(C)C(=O)CNC(=O)N1CC(=O)NCC1C(=O)O. The number of aliphatic carboxylic acids is 1. The summed E-state index contributed by atoms with van der Waals surface area (Å²) in [7, 11) is 3.06. The van der Waals surface area contributed by atoms with E-state index in [1.165, 1.54) is 19.0 Å². The number of nitrogens with one attached hydrogen (secondary N) is 2. The highest BCUT2D eigenvalue weighted by Crippen LogP contribution is 2.04. The minimum absolute atomic E-state index is 0.150. The van der Waals surface area contributed by atoms with Gasteiger partial charge in [0, 0.05) is 20.6 Å². The minimum Gasteiger partial charge on any atom is -0.480 e. The molecule has 19 heavy (non-hydrogen) atoms. The molecule has 0 aromatic rings. The quantitative estimate of drug-likeness (QED) is 0.532. The summed E-state index contributed by atoms with van der Waals surface area (Å²) in [4.78, 5) is 47.4. The van der Waals surface area contributed by atoms with Crippen LogP contribution in [0.1, 0.15) is 0 Å². The monoisotopic (exact) mass is 272 g/mol. The van der Waals surface area contributed by atoms with Crippen LogP contribution in [-0.2, 0) is 14.4 Å². The number of hydrogen-bond donors (Lipinski definition) is 3. The number of nitrogens with zero attached hydrogens (tertiary/aromatic N) is 2. The first-order valence-corrected chi connectivity index (χ1v) is 5.57. The minimum atomic E-state index is -1.21. The topological polar surface area (TPSA) is 119 Å². The second kappa shape index (κ2) is 6.03. The van der Waals surface area contributed by atoms with Crippen molar-refractivity contribution in [3.8, 4) is 0 Å². The van der Waals surface area contributed by atoms with Gasteiger partial charge in [0.2, 0.25) is 11.8 Å². The highest BCUT2D eigenvalue weighted by molar-refractivity contribution is 5.92. The highest BCUT2D eigenvalue weighted by atomic mass is 16.4. The van der Waals surface area contributed by atoms with E-state index in [-0.39, 0.29) is 25.5 Å². The molecule has 0 spiro atoms. The molecule has 1 fully saturated rings. The molecule has 1 aliphatic rings. The van der Waals surface area contributed by atoms with Gasteiger partial charge in [0.05, 0.1) is 6.54 Å². The lowest BCUT2D eigenvalue weighted by Crippen LogP contribution is -2.61. The number of piperazine rings is 1. The fourth-order valence-electron chi connectivity index (χ4n) is 1.49. The summed E-state index contributed by atoms with van der Waals surface area (Å²) < 4.78 is 0. The van der Waals surface area contributed by atoms with Crippen molar-refractivity contribution in [2.75, 3.05) is 33.7 Å². The van der Waals surface area contributed by atoms with Crippen molar-refractivity contribution < 1.29 is 24.3 Å². The third-order valence-corrected chi connectivity index (χ3v) is 2.62. The zero-order chi connectivity index (χ0) is 14.6. The number of carboxylic acid groups (broad SMARTS) is 1. The van der Waals surface area contributed by atoms with Crippen molar-refractivity contribution in [2.45, 2.75) is 6.04 Å². The van der Waals surface area contributed by atoms with Crippen molar-refractivity contribution in [3.63, 3.8) is 0 Å². The van der Waals surface area contributed by atoms with Crippen molar-refractivity contribution in [1.82, 2.24) is 20.4 Å². The molecular weight excluding hydrogens is 256 g/mol. The number of likely N-dealkylation sites (N-methyl/N-ethyl adjacent to an activating group) is 1. The lowest BCUT2D eigenvalue weighted by Gasteiger charge is -2.32. The van der Waals surface area contributed by atoms with Crippen LogP contribution in [-0.4, -0.2) is 78.5 Å². The average molecular weight is 272 g/mol. The van der Waals surface area contributed by atoms with E-state index < -0.39 is 23.9 Å². The largest absolute Gasteiger partial charge is 0.480 e. The van der Waals surface area contributed by atoms with Crippen LogP contribution < -0.4 is 10.6 Å². The van der Waals surface area contributed by atoms with Gasteiger partial charge in [0.15, 0.2) is 0 Å². The van der Waals surface area contributed by atoms with Crippen LogP contribution in [0.3, 0.4) is 0 Å². The van der Waals surface area contributed by atoms with Crippen LogP contribution in [0.4, 0.5) is 4.79 Å². The lowest BCUT2D eigenvalue weighted by atomic mass is 10.2. The van der Waals surface area contributed by atoms with Crippen LogP contribution in [0, 0.1) is 0 Å². The van der Waals surface area contributed by atoms with Gasteiger partial charge in [-0.3, -0.25) is 14.5 Å². The molecule has 4 amide bonds. The van der Waals surface area contributed by atoms with Crippen molar-refractivity contribution >= 4 is 23.8 Å². The molecule has 9 nitrogen and oxygen atoms in total. The fraction of sp³-hybridized carbons (Fsp3) is 0.600. The van der Waals surface area contributed by atoms with Gasteiger partial charge in [-0.1, -0.05) is 0 Å². The molecule has 3 N–H and O–H groups in total. The Balaban J connectivity index is 2.63. The number of hydrogen-bond acceptors (Lipinski definition) is 4. The maximum absolute atomic E-state index is 11.8. The average Bonchev–Trinajstić information content (AvgIpc) is 2.34. The number of carbonyl (C=O) groups excluding carboxylic acids is 3. The molecule has 0 aromatic carbocycles. The van der Waals surface area contributed by atoms with Crippen molar-refractivity contribution in [3.05, 3.63) is 0 Å². The number of amides is 4. The molecule has 1 atom stereocenters. The molecule has 1 heterocycles. The van der Waals surface area contributed by atoms with Crippen LogP contribution in [0.2, 0.25) is 0 Å². The van der Waals surface area contributed by atoms with E-state index in [1.54, 1.807) is 0 Å². The van der Waals surface area contributed by atoms with E-state index in [0.29, 0.717) is 0 Å². The van der Waals surface area contributed by atoms with Crippen LogP contribution in [0.25, 0.3) is 0 Å². The molecule has 9 heteroatoms. The number of urea groups is 1. The molecule has 1 saturated heterocycles. The molecule has 0 saturated carbocycles. The predicted octanol–water partition coefficient (Wildman–Crippen LogP) is -2.33. The molecule has 106 valence electrons. The third-order valence-electron chi connectivity index (χ3n) is 2.62. The Labute approximate surface area is 109 Å². The summed E-state index contributed by atoms with van der Waals surface area (Å²) in [5.74, 6) is -1.98. The zero-order valence-electron chi connectivity index (χ0n) is 10.7. The van der Waals surface area contributed by atoms with Gasteiger partial charge in [-0.05, 0) is 0 Å². The second-order valence-corrected chi connectivity index (χ2v) is 4.23. The van der Waals surface area contributed by atoms with E-state index in [9.17, 15) is 19.2 Å². The van der Waals surface area contributed by atoms with Gasteiger partial charge in [-0.2, -0.15) is 0 Å². The molecule has 0 bridgehead atoms. The van der Waals surface area contributed by atoms with Gasteiger partial charge in [0.25, 0.3) is 0 Å². The van der Waals surface area contributed by atoms with E-state index in [4.69, 9.17) is 5.11 Å². The van der Waals surface area contributed by atoms with Gasteiger partial charge >= 0.3 is 12.0 Å². The first kappa shape index (κ1) is 14.7. The summed E-state index contributed by atoms with van der Waals surface area (Å²) in [6, 6.07) is -1.88. The van der Waals surface area contributed by atoms with E-state index in [0.717, 1.165) is 4.90 Å². The highest BCUT2D eigenvalue weighted by Gasteiger charge is 2.35. The second-order valence-electron chi connectivity index (χ2n) is 4.23. The van der Waals surface area contributed by atoms with E-state index in [1.807, 2.05) is 0 Å². The van der Waals surface area contributed by atoms with E-state index in [2.05, 4.69) is 10.6 Å². The van der Waals surface area contributed by atoms with Gasteiger partial charge < -0.3 is 20.6 Å². The van der Waals surface area contributed by atoms with Gasteiger partial charge in [-0.25, -0.2) is 9.59 Å². The predicted molar refractivity (Wildman–Crippen MR) is 63.2 cm³/mol. The van der Waals surface area contributed by atoms with Gasteiger partial charge in [0.1, 0.15) is 12.6 Å². The normalized spacial score (nSPS) is 18.5. The molecule has 0 aliphatic carbocycles. The van der Waals surface area contributed by atoms with Crippen molar-refractivity contribution in [1.29, 1.82) is 0 Å².